The summed E-state index contributed by atoms with van der Waals surface area (Å²) in [4.78, 5) is 22.6. The van der Waals surface area contributed by atoms with E-state index >= 15 is 0 Å². The monoisotopic (exact) mass is 493 g/mol. The van der Waals surface area contributed by atoms with Gasteiger partial charge in [0.15, 0.2) is 5.83 Å². The van der Waals surface area contributed by atoms with Gasteiger partial charge >= 0.3 is 0 Å². The molecule has 0 aliphatic heterocycles. The van der Waals surface area contributed by atoms with Crippen molar-refractivity contribution in [2.75, 3.05) is 45.5 Å². The number of anilines is 3. The molecule has 1 aromatic heterocycles. The summed E-state index contributed by atoms with van der Waals surface area (Å²) in [5.74, 6) is -0.670. The number of hydrogen-bond donors (Lipinski definition) is 2. The highest BCUT2D eigenvalue weighted by atomic mass is 35.5. The lowest BCUT2D eigenvalue weighted by molar-refractivity contribution is -0.114. The maximum absolute atomic E-state index is 14.2. The largest absolute Gasteiger partial charge is 0.495 e. The molecule has 0 spiro atoms. The molecule has 1 amide bonds. The van der Waals surface area contributed by atoms with Crippen LogP contribution in [0.4, 0.5) is 21.6 Å². The Balaban J connectivity index is 2.00. The lowest BCUT2D eigenvalue weighted by Gasteiger charge is -2.15. The molecule has 0 fully saturated rings. The second-order valence-electron chi connectivity index (χ2n) is 7.15. The standard InChI is InChI=1S/C22H22Cl2FN5O3/c1-30(2)6-5-15(25)22(31)29-18-7-12-16(9-20(18)33-4)26-11-27-21(12)28-17-10-19(32-3)14(24)8-13(17)23/h5,7-11H,6H2,1-4H3,(H,29,31)(H,26,27,28). The minimum atomic E-state index is -0.909. The van der Waals surface area contributed by atoms with E-state index in [1.54, 1.807) is 43.3 Å². The van der Waals surface area contributed by atoms with E-state index in [2.05, 4.69) is 20.6 Å². The zero-order valence-electron chi connectivity index (χ0n) is 18.4. The van der Waals surface area contributed by atoms with Crippen LogP contribution in [0.5, 0.6) is 11.5 Å². The molecule has 0 saturated heterocycles. The summed E-state index contributed by atoms with van der Waals surface area (Å²) in [5.41, 5.74) is 1.28. The quantitative estimate of drug-likeness (QED) is 0.424. The number of methoxy groups -OCH3 is 2. The molecule has 1 heterocycles. The van der Waals surface area contributed by atoms with Crippen molar-refractivity contribution >= 4 is 57.2 Å². The number of nitrogens with one attached hydrogen (secondary N) is 2. The van der Waals surface area contributed by atoms with Gasteiger partial charge in [-0.25, -0.2) is 14.4 Å². The first kappa shape index (κ1) is 24.5. The van der Waals surface area contributed by atoms with Gasteiger partial charge in [-0.1, -0.05) is 23.2 Å². The molecule has 0 atom stereocenters. The summed E-state index contributed by atoms with van der Waals surface area (Å²) >= 11 is 12.4. The number of carbonyl (C=O) groups is 1. The van der Waals surface area contributed by atoms with Crippen LogP contribution in [0.2, 0.25) is 10.0 Å². The third kappa shape index (κ3) is 5.81. The highest BCUT2D eigenvalue weighted by Gasteiger charge is 2.16. The lowest BCUT2D eigenvalue weighted by atomic mass is 10.1. The fourth-order valence-corrected chi connectivity index (χ4v) is 3.40. The SMILES string of the molecule is COc1cc(Nc2ncnc3cc(OC)c(NC(=O)C(F)=CCN(C)C)cc23)c(Cl)cc1Cl. The molecule has 0 radical (unpaired) electrons. The van der Waals surface area contributed by atoms with Crippen LogP contribution >= 0.6 is 23.2 Å². The second kappa shape index (κ2) is 10.7. The topological polar surface area (TPSA) is 88.6 Å². The van der Waals surface area contributed by atoms with Crippen molar-refractivity contribution < 1.29 is 18.7 Å². The van der Waals surface area contributed by atoms with Gasteiger partial charge in [0.1, 0.15) is 23.6 Å². The molecule has 2 aromatic carbocycles. The maximum Gasteiger partial charge on any atom is 0.284 e. The Morgan fingerprint density at radius 2 is 1.79 bits per heavy atom. The Morgan fingerprint density at radius 1 is 1.06 bits per heavy atom. The van der Waals surface area contributed by atoms with Crippen molar-refractivity contribution in [1.29, 1.82) is 0 Å². The zero-order valence-corrected chi connectivity index (χ0v) is 19.9. The van der Waals surface area contributed by atoms with E-state index in [0.29, 0.717) is 44.0 Å². The molecule has 0 unspecified atom stereocenters. The van der Waals surface area contributed by atoms with Gasteiger partial charge in [0, 0.05) is 24.1 Å². The van der Waals surface area contributed by atoms with E-state index in [0.717, 1.165) is 0 Å². The van der Waals surface area contributed by atoms with Gasteiger partial charge in [-0.15, -0.1) is 0 Å². The summed E-state index contributed by atoms with van der Waals surface area (Å²) in [6.45, 7) is 0.279. The van der Waals surface area contributed by atoms with Crippen molar-refractivity contribution in [3.63, 3.8) is 0 Å². The fourth-order valence-electron chi connectivity index (χ4n) is 2.90. The fraction of sp³-hybridized carbons (Fsp3) is 0.227. The van der Waals surface area contributed by atoms with Gasteiger partial charge in [0.2, 0.25) is 0 Å². The van der Waals surface area contributed by atoms with E-state index in [9.17, 15) is 9.18 Å². The minimum absolute atomic E-state index is 0.251. The zero-order chi connectivity index (χ0) is 24.1. The van der Waals surface area contributed by atoms with Crippen LogP contribution in [-0.4, -0.2) is 55.6 Å². The van der Waals surface area contributed by atoms with Crippen molar-refractivity contribution in [3.05, 3.63) is 52.5 Å². The number of carbonyl (C=O) groups excluding carboxylic acids is 1. The molecule has 0 aliphatic carbocycles. The Bertz CT molecular complexity index is 1220. The molecule has 3 rings (SSSR count). The summed E-state index contributed by atoms with van der Waals surface area (Å²) in [7, 11) is 6.47. The van der Waals surface area contributed by atoms with Crippen LogP contribution in [0.15, 0.2) is 42.5 Å². The molecule has 0 saturated carbocycles. The van der Waals surface area contributed by atoms with Gasteiger partial charge in [0.25, 0.3) is 5.91 Å². The Labute approximate surface area is 200 Å². The molecule has 0 bridgehead atoms. The summed E-state index contributed by atoms with van der Waals surface area (Å²) in [6.07, 6.45) is 2.56. The highest BCUT2D eigenvalue weighted by molar-refractivity contribution is 6.37. The van der Waals surface area contributed by atoms with Crippen LogP contribution in [0.3, 0.4) is 0 Å². The van der Waals surface area contributed by atoms with E-state index in [1.165, 1.54) is 26.6 Å². The van der Waals surface area contributed by atoms with Gasteiger partial charge in [-0.3, -0.25) is 4.79 Å². The van der Waals surface area contributed by atoms with Crippen molar-refractivity contribution in [2.45, 2.75) is 0 Å². The summed E-state index contributed by atoms with van der Waals surface area (Å²) in [5, 5.41) is 6.91. The van der Waals surface area contributed by atoms with Gasteiger partial charge in [-0.05, 0) is 32.3 Å². The van der Waals surface area contributed by atoms with Crippen molar-refractivity contribution in [1.82, 2.24) is 14.9 Å². The Hall–Kier alpha value is -3.14. The normalized spacial score (nSPS) is 11.6. The summed E-state index contributed by atoms with van der Waals surface area (Å²) in [6, 6.07) is 6.39. The van der Waals surface area contributed by atoms with E-state index in [-0.39, 0.29) is 12.2 Å². The van der Waals surface area contributed by atoms with Crippen LogP contribution in [-0.2, 0) is 4.79 Å². The number of hydrogen-bond acceptors (Lipinski definition) is 7. The highest BCUT2D eigenvalue weighted by Crippen LogP contribution is 2.38. The average Bonchev–Trinajstić information content (AvgIpc) is 2.78. The molecular formula is C22H22Cl2FN5O3. The number of benzene rings is 2. The third-order valence-corrected chi connectivity index (χ3v) is 5.16. The third-order valence-electron chi connectivity index (χ3n) is 4.55. The van der Waals surface area contributed by atoms with E-state index < -0.39 is 11.7 Å². The number of likely N-dealkylation sites (N-methyl/N-ethyl adjacent to an activating group) is 1. The first-order valence-corrected chi connectivity index (χ1v) is 10.4. The number of nitrogens with zero attached hydrogens (tertiary/aromatic N) is 3. The van der Waals surface area contributed by atoms with Crippen molar-refractivity contribution in [3.8, 4) is 11.5 Å². The Morgan fingerprint density at radius 3 is 2.45 bits per heavy atom. The average molecular weight is 494 g/mol. The van der Waals surface area contributed by atoms with Crippen LogP contribution < -0.4 is 20.1 Å². The van der Waals surface area contributed by atoms with E-state index in [1.807, 2.05) is 0 Å². The first-order valence-electron chi connectivity index (χ1n) is 9.68. The lowest BCUT2D eigenvalue weighted by Crippen LogP contribution is -2.16. The molecule has 3 aromatic rings. The van der Waals surface area contributed by atoms with Crippen LogP contribution in [0.25, 0.3) is 10.9 Å². The molecule has 0 aliphatic rings. The van der Waals surface area contributed by atoms with Crippen LogP contribution in [0.1, 0.15) is 0 Å². The first-order chi connectivity index (χ1) is 15.7. The predicted octanol–water partition coefficient (Wildman–Crippen LogP) is 5.05. The number of aromatic nitrogens is 2. The number of halogens is 3. The number of amides is 1. The second-order valence-corrected chi connectivity index (χ2v) is 7.97. The smallest absolute Gasteiger partial charge is 0.284 e. The Kier molecular flexibility index (Phi) is 7.91. The van der Waals surface area contributed by atoms with Gasteiger partial charge in [-0.2, -0.15) is 0 Å². The molecule has 33 heavy (non-hydrogen) atoms. The molecule has 2 N–H and O–H groups in total. The van der Waals surface area contributed by atoms with Crippen LogP contribution in [0, 0.1) is 0 Å². The molecule has 11 heteroatoms. The molecular weight excluding hydrogens is 472 g/mol. The molecule has 174 valence electrons. The maximum atomic E-state index is 14.2. The predicted molar refractivity (Wildman–Crippen MR) is 129 cm³/mol. The van der Waals surface area contributed by atoms with Gasteiger partial charge < -0.3 is 25.0 Å². The summed E-state index contributed by atoms with van der Waals surface area (Å²) < 4.78 is 24.8. The number of ether oxygens (including phenoxy) is 2. The van der Waals surface area contributed by atoms with E-state index in [4.69, 9.17) is 32.7 Å². The number of rotatable bonds is 8. The number of fused-ring (bicyclic) bond motifs is 1. The van der Waals surface area contributed by atoms with Gasteiger partial charge in [0.05, 0.1) is 41.2 Å². The minimum Gasteiger partial charge on any atom is -0.495 e. The van der Waals surface area contributed by atoms with Crippen molar-refractivity contribution in [2.24, 2.45) is 0 Å². The molecule has 8 nitrogen and oxygen atoms in total.